The van der Waals surface area contributed by atoms with Crippen molar-refractivity contribution in [3.05, 3.63) is 77.2 Å². The smallest absolute Gasteiger partial charge is 0.227 e. The zero-order valence-corrected chi connectivity index (χ0v) is 23.7. The molecule has 0 N–H and O–H groups in total. The first-order valence-electron chi connectivity index (χ1n) is 15.1. The molecule has 2 heteroatoms. The Kier molecular flexibility index (Phi) is 5.95. The Bertz CT molecular complexity index is 2000. The summed E-state index contributed by atoms with van der Waals surface area (Å²) in [5.74, 6) is 1.12. The molecule has 0 saturated heterocycles. The van der Waals surface area contributed by atoms with E-state index in [0.717, 1.165) is 62.8 Å². The number of aromatic nitrogens is 1. The van der Waals surface area contributed by atoms with Gasteiger partial charge in [-0.15, -0.1) is 0 Å². The molecule has 0 aliphatic carbocycles. The molecule has 7 aromatic rings. The summed E-state index contributed by atoms with van der Waals surface area (Å²) in [7, 11) is 0. The molecule has 196 valence electrons. The van der Waals surface area contributed by atoms with Crippen LogP contribution in [0.3, 0.4) is 0 Å². The zero-order valence-electron chi connectivity index (χ0n) is 23.7. The lowest BCUT2D eigenvalue weighted by Crippen LogP contribution is -2.01. The van der Waals surface area contributed by atoms with Crippen molar-refractivity contribution in [1.82, 2.24) is 4.98 Å². The van der Waals surface area contributed by atoms with E-state index in [1.807, 2.05) is 0 Å². The van der Waals surface area contributed by atoms with Crippen LogP contribution in [0.15, 0.2) is 59.0 Å². The van der Waals surface area contributed by atoms with Crippen LogP contribution in [-0.4, -0.2) is 4.98 Å². The average Bonchev–Trinajstić information content (AvgIpc) is 3.08. The van der Waals surface area contributed by atoms with Crippen molar-refractivity contribution in [3.63, 3.8) is 0 Å². The van der Waals surface area contributed by atoms with Crippen LogP contribution in [0.25, 0.3) is 65.0 Å². The third-order valence-electron chi connectivity index (χ3n) is 8.74. The molecule has 0 aliphatic heterocycles. The van der Waals surface area contributed by atoms with Gasteiger partial charge in [-0.3, -0.25) is 0 Å². The molecule has 2 nitrogen and oxygen atoms in total. The molecule has 5 aromatic carbocycles. The van der Waals surface area contributed by atoms with Crippen LogP contribution in [0.1, 0.15) is 76.0 Å². The summed E-state index contributed by atoms with van der Waals surface area (Å²) in [6, 6.07) is 20.9. The number of fused-ring (bicyclic) bond motifs is 2. The van der Waals surface area contributed by atoms with Gasteiger partial charge in [-0.1, -0.05) is 95.5 Å². The van der Waals surface area contributed by atoms with E-state index in [1.54, 1.807) is 0 Å². The largest absolute Gasteiger partial charge is 0.442 e. The van der Waals surface area contributed by atoms with Crippen LogP contribution < -0.4 is 0 Å². The molecular weight excluding hydrogens is 474 g/mol. The van der Waals surface area contributed by atoms with Gasteiger partial charge in [-0.05, 0) is 91.4 Å². The highest BCUT2D eigenvalue weighted by Gasteiger charge is 2.23. The summed E-state index contributed by atoms with van der Waals surface area (Å²) >= 11 is 0. The van der Waals surface area contributed by atoms with Gasteiger partial charge >= 0.3 is 0 Å². The van der Waals surface area contributed by atoms with Gasteiger partial charge in [0.15, 0.2) is 0 Å². The second-order valence-electron chi connectivity index (χ2n) is 11.3. The van der Waals surface area contributed by atoms with E-state index in [1.165, 1.54) is 76.1 Å². The lowest BCUT2D eigenvalue weighted by atomic mass is 9.84. The minimum atomic E-state index is 0.824. The van der Waals surface area contributed by atoms with Crippen molar-refractivity contribution in [3.8, 4) is 0 Å². The van der Waals surface area contributed by atoms with Crippen molar-refractivity contribution in [1.29, 1.82) is 0 Å². The van der Waals surface area contributed by atoms with E-state index in [0.29, 0.717) is 0 Å². The molecule has 0 unspecified atom stereocenters. The molecule has 0 radical (unpaired) electrons. The van der Waals surface area contributed by atoms with Gasteiger partial charge in [0, 0.05) is 17.5 Å². The van der Waals surface area contributed by atoms with Crippen LogP contribution in [0.5, 0.6) is 0 Å². The maximum atomic E-state index is 6.93. The second kappa shape index (κ2) is 9.52. The number of hydrogen-bond acceptors (Lipinski definition) is 2. The van der Waals surface area contributed by atoms with E-state index >= 15 is 0 Å². The molecule has 0 bridgehead atoms. The van der Waals surface area contributed by atoms with E-state index in [4.69, 9.17) is 9.40 Å². The standard InChI is InChI=1S/C37H37NO/c1-5-11-23-29-21-30-26-18-10-16-22-15-9-17-25(33(22)26)28-20-19-27-24(12-6-2)32(14-8-4)39-37(38-31(23)13-7-3)36(29)35(27)34(28)30/h9-10,15-21H,5-8,11-14H2,1-4H3. The Labute approximate surface area is 230 Å². The Hall–Kier alpha value is -3.65. The zero-order chi connectivity index (χ0) is 26.7. The Balaban J connectivity index is 1.85. The summed E-state index contributed by atoms with van der Waals surface area (Å²) in [4.78, 5) is 5.34. The first kappa shape index (κ1) is 24.4. The van der Waals surface area contributed by atoms with Gasteiger partial charge in [0.1, 0.15) is 5.76 Å². The van der Waals surface area contributed by atoms with Gasteiger partial charge in [-0.25, -0.2) is 4.98 Å². The molecule has 0 aliphatic rings. The first-order chi connectivity index (χ1) is 19.2. The van der Waals surface area contributed by atoms with Gasteiger partial charge in [0.25, 0.3) is 0 Å². The number of hydrogen-bond donors (Lipinski definition) is 0. The van der Waals surface area contributed by atoms with E-state index in [9.17, 15) is 0 Å². The quantitative estimate of drug-likeness (QED) is 0.150. The monoisotopic (exact) mass is 511 g/mol. The van der Waals surface area contributed by atoms with Crippen molar-refractivity contribution in [2.24, 2.45) is 0 Å². The summed E-state index contributed by atoms with van der Waals surface area (Å²) in [6.07, 6.45) is 8.30. The van der Waals surface area contributed by atoms with E-state index in [2.05, 4.69) is 82.3 Å². The predicted molar refractivity (Wildman–Crippen MR) is 169 cm³/mol. The SMILES string of the molecule is CCCc1nc2oc(CCC)c(CCC)c3ccc4c5cccc6cccc(c7cc(c1CCC)c2c3c47)c65. The summed E-state index contributed by atoms with van der Waals surface area (Å²) in [6.45, 7) is 9.08. The van der Waals surface area contributed by atoms with Crippen molar-refractivity contribution in [2.45, 2.75) is 79.1 Å². The van der Waals surface area contributed by atoms with Crippen molar-refractivity contribution < 1.29 is 4.42 Å². The minimum absolute atomic E-state index is 0.824. The van der Waals surface area contributed by atoms with Gasteiger partial charge < -0.3 is 4.42 Å². The third kappa shape index (κ3) is 3.50. The Morgan fingerprint density at radius 2 is 1.18 bits per heavy atom. The number of pyridine rings is 1. The van der Waals surface area contributed by atoms with Crippen LogP contribution in [-0.2, 0) is 25.7 Å². The van der Waals surface area contributed by atoms with Crippen LogP contribution >= 0.6 is 0 Å². The summed E-state index contributed by atoms with van der Waals surface area (Å²) < 4.78 is 6.93. The maximum absolute atomic E-state index is 6.93. The lowest BCUT2D eigenvalue weighted by Gasteiger charge is -2.19. The Morgan fingerprint density at radius 1 is 0.538 bits per heavy atom. The van der Waals surface area contributed by atoms with Crippen LogP contribution in [0, 0.1) is 0 Å². The molecule has 0 amide bonds. The number of aryl methyl sites for hydroxylation is 4. The van der Waals surface area contributed by atoms with E-state index < -0.39 is 0 Å². The Morgan fingerprint density at radius 3 is 1.90 bits per heavy atom. The highest BCUT2D eigenvalue weighted by Crippen LogP contribution is 2.47. The molecule has 0 spiro atoms. The second-order valence-corrected chi connectivity index (χ2v) is 11.3. The number of benzene rings is 5. The van der Waals surface area contributed by atoms with E-state index in [-0.39, 0.29) is 0 Å². The lowest BCUT2D eigenvalue weighted by molar-refractivity contribution is 0.517. The third-order valence-corrected chi connectivity index (χ3v) is 8.74. The molecule has 7 rings (SSSR count). The fourth-order valence-corrected chi connectivity index (χ4v) is 7.23. The molecule has 0 atom stereocenters. The molecule has 2 heterocycles. The highest BCUT2D eigenvalue weighted by atomic mass is 16.3. The molecular formula is C37H37NO. The van der Waals surface area contributed by atoms with Crippen molar-refractivity contribution in [2.75, 3.05) is 0 Å². The average molecular weight is 512 g/mol. The predicted octanol–water partition coefficient (Wildman–Crippen LogP) is 10.8. The minimum Gasteiger partial charge on any atom is -0.442 e. The number of nitrogens with zero attached hydrogens (tertiary/aromatic N) is 1. The molecule has 39 heavy (non-hydrogen) atoms. The molecule has 0 saturated carbocycles. The molecule has 0 fully saturated rings. The first-order valence-corrected chi connectivity index (χ1v) is 15.1. The normalized spacial score (nSPS) is 12.4. The summed E-state index contributed by atoms with van der Waals surface area (Å²) in [5.41, 5.74) is 4.83. The van der Waals surface area contributed by atoms with Gasteiger partial charge in [-0.2, -0.15) is 0 Å². The topological polar surface area (TPSA) is 26.0 Å². The number of rotatable bonds is 8. The molecule has 2 aromatic heterocycles. The van der Waals surface area contributed by atoms with Crippen molar-refractivity contribution >= 4 is 65.0 Å². The van der Waals surface area contributed by atoms with Crippen LogP contribution in [0.4, 0.5) is 0 Å². The summed E-state index contributed by atoms with van der Waals surface area (Å²) in [5, 5.41) is 14.7. The fraction of sp³-hybridized carbons (Fsp3) is 0.324. The highest BCUT2D eigenvalue weighted by molar-refractivity contribution is 6.39. The fourth-order valence-electron chi connectivity index (χ4n) is 7.23. The van der Waals surface area contributed by atoms with Gasteiger partial charge in [0.05, 0.1) is 5.39 Å². The maximum Gasteiger partial charge on any atom is 0.227 e. The van der Waals surface area contributed by atoms with Gasteiger partial charge in [0.2, 0.25) is 5.71 Å². The van der Waals surface area contributed by atoms with Crippen LogP contribution in [0.2, 0.25) is 0 Å².